The summed E-state index contributed by atoms with van der Waals surface area (Å²) in [6, 6.07) is 10.3. The third-order valence-electron chi connectivity index (χ3n) is 14.3. The van der Waals surface area contributed by atoms with Crippen LogP contribution in [0.2, 0.25) is 0 Å². The molecule has 0 saturated heterocycles. The summed E-state index contributed by atoms with van der Waals surface area (Å²) in [4.78, 5) is 24.6. The van der Waals surface area contributed by atoms with Crippen molar-refractivity contribution < 1.29 is 105 Å². The van der Waals surface area contributed by atoms with Gasteiger partial charge in [0.2, 0.25) is 5.69 Å². The summed E-state index contributed by atoms with van der Waals surface area (Å²) in [6.07, 6.45) is 6.30. The molecule has 2 aromatic carbocycles. The number of allylic oxidation sites excluding steroid dienone is 6. The zero-order chi connectivity index (χ0) is 64.4. The van der Waals surface area contributed by atoms with Gasteiger partial charge in [-0.25, -0.2) is 5.26 Å². The van der Waals surface area contributed by atoms with Gasteiger partial charge < -0.3 is 43.1 Å². The summed E-state index contributed by atoms with van der Waals surface area (Å²) in [6.45, 7) is 8.99. The van der Waals surface area contributed by atoms with E-state index in [0.717, 1.165) is 73.2 Å². The summed E-state index contributed by atoms with van der Waals surface area (Å²) in [5.74, 6) is -4.22. The van der Waals surface area contributed by atoms with E-state index in [4.69, 9.17) is 32.8 Å². The number of alkyl halides is 6. The van der Waals surface area contributed by atoms with E-state index >= 15 is 0 Å². The highest BCUT2D eigenvalue weighted by Crippen LogP contribution is 2.53. The standard InChI is InChI=1S/C57H84F6N4O16P2S2/c1-54(2)46-42-44(84(71,78-36-18-9-7-16-34-76-5)80-38-20-14-30-64-52(68)56(58,59)60)26-28-48(46)66(32-22-40-86-83-82-70)50(54)24-12-11-13-25-51-55(3,4)47-43-45(27-29-49(47)67(51)33-23-41-87(73,74)75)85(72,79-37-19-10-8-17-35-77-6)81-39-21-15-31-65-53(69)57(61,62)63/h11-13,24-29,42-43H,7-10,14-23,30-41H2,1-6H3,(H3-,64,65,68,69,70,73,74,75)/p+1. The van der Waals surface area contributed by atoms with Gasteiger partial charge in [-0.05, 0) is 114 Å². The third-order valence-corrected chi connectivity index (χ3v) is 19.7. The molecule has 2 amide bonds. The van der Waals surface area contributed by atoms with Crippen molar-refractivity contribution in [1.82, 2.24) is 10.6 Å². The summed E-state index contributed by atoms with van der Waals surface area (Å²) in [7, 11) is -9.23. The van der Waals surface area contributed by atoms with Crippen LogP contribution >= 0.6 is 27.2 Å². The van der Waals surface area contributed by atoms with E-state index in [2.05, 4.69) is 13.9 Å². The van der Waals surface area contributed by atoms with Crippen molar-refractivity contribution in [2.45, 2.75) is 141 Å². The summed E-state index contributed by atoms with van der Waals surface area (Å²) >= 11 is 0.903. The SMILES string of the molecule is COCCCCCCOP(=O)(OCCCCNC(=O)C(F)(F)F)c1ccc2c(c1)C(C)(C)C(/C=C/C=C/C=C1\N(CCCS(=O)(=O)O)c3ccc(P(=O)(OCCCCCCOC)OCCCCNC(=O)C(F)(F)F)cc3C1(C)C)=[N+]2CCCSOOO. The van der Waals surface area contributed by atoms with Crippen LogP contribution in [0.5, 0.6) is 0 Å². The Kier molecular flexibility index (Phi) is 31.4. The Bertz CT molecular complexity index is 2870. The quantitative estimate of drug-likeness (QED) is 0.00555. The lowest BCUT2D eigenvalue weighted by Gasteiger charge is -2.27. The molecule has 2 unspecified atom stereocenters. The molecular weight excluding hydrogens is 1240 g/mol. The Balaban J connectivity index is 1.68. The number of methoxy groups -OCH3 is 2. The second-order valence-electron chi connectivity index (χ2n) is 21.7. The van der Waals surface area contributed by atoms with E-state index < -0.39 is 66.1 Å². The maximum Gasteiger partial charge on any atom is 0.471 e. The van der Waals surface area contributed by atoms with Crippen LogP contribution in [0.3, 0.4) is 0 Å². The number of benzene rings is 2. The number of nitrogens with zero attached hydrogens (tertiary/aromatic N) is 2. The number of nitrogens with one attached hydrogen (secondary N) is 2. The molecule has 0 aliphatic carbocycles. The largest absolute Gasteiger partial charge is 0.471 e. The number of fused-ring (bicyclic) bond motifs is 2. The van der Waals surface area contributed by atoms with Gasteiger partial charge >= 0.3 is 39.4 Å². The van der Waals surface area contributed by atoms with Crippen LogP contribution < -0.4 is 26.1 Å². The molecule has 20 nitrogen and oxygen atoms in total. The molecule has 0 fully saturated rings. The minimum Gasteiger partial charge on any atom is -0.385 e. The molecule has 2 atom stereocenters. The van der Waals surface area contributed by atoms with Crippen molar-refractivity contribution in [3.8, 4) is 0 Å². The zero-order valence-corrected chi connectivity index (χ0v) is 53.6. The summed E-state index contributed by atoms with van der Waals surface area (Å²) in [5.41, 5.74) is 2.93. The van der Waals surface area contributed by atoms with E-state index in [1.165, 1.54) is 0 Å². The minimum absolute atomic E-state index is 0.0387. The highest BCUT2D eigenvalue weighted by Gasteiger charge is 2.46. The fourth-order valence-electron chi connectivity index (χ4n) is 9.82. The monoisotopic (exact) mass is 1320 g/mol. The van der Waals surface area contributed by atoms with E-state index in [9.17, 15) is 58.0 Å². The summed E-state index contributed by atoms with van der Waals surface area (Å²) in [5, 5.41) is 16.6. The second kappa shape index (κ2) is 36.2. The molecule has 30 heteroatoms. The molecule has 2 aliphatic heterocycles. The predicted octanol–water partition coefficient (Wildman–Crippen LogP) is 11.6. The van der Waals surface area contributed by atoms with Crippen molar-refractivity contribution in [1.29, 1.82) is 0 Å². The van der Waals surface area contributed by atoms with Gasteiger partial charge in [0.25, 0.3) is 10.1 Å². The first-order valence-electron chi connectivity index (χ1n) is 28.9. The highest BCUT2D eigenvalue weighted by atomic mass is 32.2. The number of carbonyl (C=O) groups excluding carboxylic acids is 2. The minimum atomic E-state index is -5.03. The Morgan fingerprint density at radius 2 is 1.14 bits per heavy atom. The maximum absolute atomic E-state index is 14.8. The Morgan fingerprint density at radius 1 is 0.655 bits per heavy atom. The third kappa shape index (κ3) is 24.0. The molecule has 4 rings (SSSR count). The fourth-order valence-corrected chi connectivity index (χ4v) is 14.0. The van der Waals surface area contributed by atoms with Gasteiger partial charge in [0.15, 0.2) is 5.71 Å². The van der Waals surface area contributed by atoms with Gasteiger partial charge in [-0.15, -0.1) is 4.33 Å². The van der Waals surface area contributed by atoms with Crippen LogP contribution in [-0.4, -0.2) is 144 Å². The van der Waals surface area contributed by atoms with Gasteiger partial charge in [0.1, 0.15) is 6.54 Å². The van der Waals surface area contributed by atoms with Gasteiger partial charge in [0.05, 0.1) is 48.2 Å². The van der Waals surface area contributed by atoms with Gasteiger partial charge in [-0.2, -0.15) is 39.3 Å². The highest BCUT2D eigenvalue weighted by molar-refractivity contribution is 7.94. The molecule has 492 valence electrons. The first-order chi connectivity index (χ1) is 41.1. The molecule has 0 saturated carbocycles. The van der Waals surface area contributed by atoms with E-state index in [-0.39, 0.29) is 88.8 Å². The van der Waals surface area contributed by atoms with Crippen LogP contribution in [0.15, 0.2) is 72.5 Å². The molecule has 0 aromatic heterocycles. The first kappa shape index (κ1) is 75.5. The molecular formula is C57H85F6N4O16P2S2+. The molecule has 2 aliphatic rings. The molecule has 2 heterocycles. The Hall–Kier alpha value is -3.99. The molecule has 0 spiro atoms. The summed E-state index contributed by atoms with van der Waals surface area (Å²) < 4.78 is 181. The average Bonchev–Trinajstić information content (AvgIpc) is 1.63. The van der Waals surface area contributed by atoms with Crippen LogP contribution in [0.4, 0.5) is 37.7 Å². The lowest BCUT2D eigenvalue weighted by atomic mass is 9.81. The lowest BCUT2D eigenvalue weighted by Crippen LogP contribution is -2.37. The van der Waals surface area contributed by atoms with Gasteiger partial charge in [-0.1, -0.05) is 62.8 Å². The second-order valence-corrected chi connectivity index (χ2v) is 28.1. The topological polar surface area (TPSA) is 247 Å². The van der Waals surface area contributed by atoms with E-state index in [1.54, 1.807) is 44.6 Å². The Morgan fingerprint density at radius 3 is 1.62 bits per heavy atom. The van der Waals surface area contributed by atoms with E-state index in [1.807, 2.05) is 79.7 Å². The lowest BCUT2D eigenvalue weighted by molar-refractivity contribution is -0.438. The fraction of sp³-hybridized carbons (Fsp3) is 0.632. The van der Waals surface area contributed by atoms with Crippen LogP contribution in [0.25, 0.3) is 0 Å². The number of ether oxygens (including phenoxy) is 2. The van der Waals surface area contributed by atoms with Crippen molar-refractivity contribution >= 4 is 76.9 Å². The van der Waals surface area contributed by atoms with Crippen LogP contribution in [0.1, 0.15) is 129 Å². The molecule has 4 N–H and O–H groups in total. The number of hydrogen-bond donors (Lipinski definition) is 4. The van der Waals surface area contributed by atoms with Crippen molar-refractivity contribution in [2.24, 2.45) is 0 Å². The van der Waals surface area contributed by atoms with Gasteiger partial charge in [-0.3, -0.25) is 23.3 Å². The average molecular weight is 1320 g/mol. The molecule has 0 radical (unpaired) electrons. The van der Waals surface area contributed by atoms with Crippen LogP contribution in [-0.2, 0) is 76.6 Å². The van der Waals surface area contributed by atoms with Crippen molar-refractivity contribution in [3.63, 3.8) is 0 Å². The number of halogens is 6. The molecule has 2 aromatic rings. The molecule has 0 bridgehead atoms. The number of hydrogen-bond acceptors (Lipinski definition) is 17. The normalized spacial score (nSPS) is 16.9. The van der Waals surface area contributed by atoms with Crippen molar-refractivity contribution in [3.05, 3.63) is 83.6 Å². The van der Waals surface area contributed by atoms with Crippen molar-refractivity contribution in [2.75, 3.05) is 96.4 Å². The predicted molar refractivity (Wildman–Crippen MR) is 321 cm³/mol. The number of rotatable bonds is 43. The zero-order valence-electron chi connectivity index (χ0n) is 50.2. The number of unbranched alkanes of at least 4 members (excludes halogenated alkanes) is 8. The van der Waals surface area contributed by atoms with Gasteiger partial charge in [0, 0.05) is 106 Å². The Labute approximate surface area is 511 Å². The molecule has 87 heavy (non-hydrogen) atoms. The number of anilines is 1. The first-order valence-corrected chi connectivity index (χ1v) is 34.5. The number of amides is 2. The number of carbonyl (C=O) groups is 2. The van der Waals surface area contributed by atoms with E-state index in [0.29, 0.717) is 56.0 Å². The van der Waals surface area contributed by atoms with Crippen LogP contribution in [0, 0.1) is 0 Å². The smallest absolute Gasteiger partial charge is 0.385 e. The maximum atomic E-state index is 14.8.